The third-order valence-corrected chi connectivity index (χ3v) is 4.83. The summed E-state index contributed by atoms with van der Waals surface area (Å²) < 4.78 is 0. The van der Waals surface area contributed by atoms with Gasteiger partial charge in [0.05, 0.1) is 0 Å². The Morgan fingerprint density at radius 2 is 1.96 bits per heavy atom. The van der Waals surface area contributed by atoms with Crippen LogP contribution in [-0.2, 0) is 11.3 Å². The molecule has 0 saturated carbocycles. The van der Waals surface area contributed by atoms with E-state index in [0.717, 1.165) is 50.3 Å². The topological polar surface area (TPSA) is 61.4 Å². The third-order valence-electron chi connectivity index (χ3n) is 4.57. The van der Waals surface area contributed by atoms with Gasteiger partial charge in [-0.1, -0.05) is 23.7 Å². The van der Waals surface area contributed by atoms with Crippen LogP contribution in [0.25, 0.3) is 0 Å². The monoisotopic (exact) mass is 385 g/mol. The summed E-state index contributed by atoms with van der Waals surface area (Å²) in [4.78, 5) is 25.8. The zero-order valence-corrected chi connectivity index (χ0v) is 16.0. The van der Waals surface area contributed by atoms with E-state index in [0.29, 0.717) is 17.0 Å². The van der Waals surface area contributed by atoms with E-state index >= 15 is 0 Å². The van der Waals surface area contributed by atoms with Crippen LogP contribution >= 0.6 is 11.6 Å². The molecule has 2 aromatic rings. The molecule has 5 nitrogen and oxygen atoms in total. The maximum absolute atomic E-state index is 12.3. The summed E-state index contributed by atoms with van der Waals surface area (Å²) >= 11 is 5.85. The summed E-state index contributed by atoms with van der Waals surface area (Å²) in [5.41, 5.74) is 2.43. The molecule has 1 aliphatic rings. The second-order valence-corrected chi connectivity index (χ2v) is 7.11. The Hall–Kier alpha value is -2.37. The third kappa shape index (κ3) is 5.81. The number of benzene rings is 2. The van der Waals surface area contributed by atoms with Crippen molar-refractivity contribution >= 4 is 29.1 Å². The van der Waals surface area contributed by atoms with Gasteiger partial charge < -0.3 is 15.5 Å². The van der Waals surface area contributed by atoms with Crippen molar-refractivity contribution in [2.75, 3.05) is 25.0 Å². The SMILES string of the molecule is O=C(Nc1cccc(CNCCCN2CCCC2=O)c1)c1ccc(Cl)cc1. The predicted octanol–water partition coefficient (Wildman–Crippen LogP) is 3.69. The van der Waals surface area contributed by atoms with Crippen LogP contribution in [0.3, 0.4) is 0 Å². The molecular weight excluding hydrogens is 362 g/mol. The van der Waals surface area contributed by atoms with Crippen molar-refractivity contribution in [1.82, 2.24) is 10.2 Å². The number of anilines is 1. The van der Waals surface area contributed by atoms with E-state index in [-0.39, 0.29) is 11.8 Å². The minimum atomic E-state index is -0.160. The van der Waals surface area contributed by atoms with Crippen LogP contribution in [0, 0.1) is 0 Å². The highest BCUT2D eigenvalue weighted by atomic mass is 35.5. The standard InChI is InChI=1S/C21H24ClN3O2/c22-18-9-7-17(8-10-18)21(27)24-19-5-1-4-16(14-19)15-23-11-3-13-25-12-2-6-20(25)26/h1,4-5,7-10,14,23H,2-3,6,11-13,15H2,(H,24,27). The lowest BCUT2D eigenvalue weighted by Gasteiger charge is -2.15. The van der Waals surface area contributed by atoms with Gasteiger partial charge in [0.1, 0.15) is 0 Å². The van der Waals surface area contributed by atoms with Gasteiger partial charge in [-0.05, 0) is 61.3 Å². The smallest absolute Gasteiger partial charge is 0.255 e. The minimum Gasteiger partial charge on any atom is -0.343 e. The van der Waals surface area contributed by atoms with Gasteiger partial charge in [0.25, 0.3) is 5.91 Å². The first-order chi connectivity index (χ1) is 13.1. The summed E-state index contributed by atoms with van der Waals surface area (Å²) in [5, 5.41) is 6.91. The minimum absolute atomic E-state index is 0.160. The molecule has 1 fully saturated rings. The van der Waals surface area contributed by atoms with Crippen LogP contribution in [0.2, 0.25) is 5.02 Å². The highest BCUT2D eigenvalue weighted by Crippen LogP contribution is 2.14. The Balaban J connectivity index is 1.43. The van der Waals surface area contributed by atoms with E-state index in [1.165, 1.54) is 0 Å². The molecule has 0 unspecified atom stereocenters. The van der Waals surface area contributed by atoms with Crippen molar-refractivity contribution in [1.29, 1.82) is 0 Å². The molecule has 2 N–H and O–H groups in total. The number of hydrogen-bond acceptors (Lipinski definition) is 3. The Labute approximate surface area is 164 Å². The van der Waals surface area contributed by atoms with Crippen molar-refractivity contribution in [2.45, 2.75) is 25.8 Å². The molecule has 1 aliphatic heterocycles. The fraction of sp³-hybridized carbons (Fsp3) is 0.333. The molecule has 3 rings (SSSR count). The molecule has 0 atom stereocenters. The number of carbonyl (C=O) groups is 2. The molecule has 0 aliphatic carbocycles. The number of amides is 2. The van der Waals surface area contributed by atoms with Crippen LogP contribution < -0.4 is 10.6 Å². The fourth-order valence-corrected chi connectivity index (χ4v) is 3.26. The maximum Gasteiger partial charge on any atom is 0.255 e. The molecule has 142 valence electrons. The summed E-state index contributed by atoms with van der Waals surface area (Å²) in [6, 6.07) is 14.6. The molecule has 6 heteroatoms. The van der Waals surface area contributed by atoms with Crippen LogP contribution in [0.15, 0.2) is 48.5 Å². The first kappa shape index (κ1) is 19.4. The van der Waals surface area contributed by atoms with Gasteiger partial charge >= 0.3 is 0 Å². The van der Waals surface area contributed by atoms with E-state index in [1.54, 1.807) is 24.3 Å². The van der Waals surface area contributed by atoms with Crippen LogP contribution in [0.5, 0.6) is 0 Å². The maximum atomic E-state index is 12.3. The molecule has 0 aromatic heterocycles. The second-order valence-electron chi connectivity index (χ2n) is 6.68. The summed E-state index contributed by atoms with van der Waals surface area (Å²) in [5.74, 6) is 0.117. The predicted molar refractivity (Wildman–Crippen MR) is 108 cm³/mol. The van der Waals surface area contributed by atoms with Crippen molar-refractivity contribution in [2.24, 2.45) is 0 Å². The molecule has 0 bridgehead atoms. The largest absolute Gasteiger partial charge is 0.343 e. The Morgan fingerprint density at radius 3 is 2.70 bits per heavy atom. The molecule has 2 aromatic carbocycles. The first-order valence-corrected chi connectivity index (χ1v) is 9.64. The summed E-state index contributed by atoms with van der Waals surface area (Å²) in [6.07, 6.45) is 2.63. The van der Waals surface area contributed by atoms with Gasteiger partial charge in [-0.3, -0.25) is 9.59 Å². The number of halogens is 1. The number of nitrogens with zero attached hydrogens (tertiary/aromatic N) is 1. The highest BCUT2D eigenvalue weighted by molar-refractivity contribution is 6.30. The van der Waals surface area contributed by atoms with Crippen molar-refractivity contribution in [3.8, 4) is 0 Å². The number of hydrogen-bond donors (Lipinski definition) is 2. The van der Waals surface area contributed by atoms with Crippen LogP contribution in [-0.4, -0.2) is 36.3 Å². The molecule has 2 amide bonds. The number of rotatable bonds is 8. The van der Waals surface area contributed by atoms with Gasteiger partial charge in [-0.15, -0.1) is 0 Å². The molecule has 0 spiro atoms. The van der Waals surface area contributed by atoms with Crippen LogP contribution in [0.4, 0.5) is 5.69 Å². The summed E-state index contributed by atoms with van der Waals surface area (Å²) in [7, 11) is 0. The van der Waals surface area contributed by atoms with Crippen molar-refractivity contribution in [3.63, 3.8) is 0 Å². The first-order valence-electron chi connectivity index (χ1n) is 9.26. The van der Waals surface area contributed by atoms with Gasteiger partial charge in [0.15, 0.2) is 0 Å². The van der Waals surface area contributed by atoms with Gasteiger partial charge in [0, 0.05) is 42.3 Å². The Morgan fingerprint density at radius 1 is 1.15 bits per heavy atom. The number of likely N-dealkylation sites (tertiary alicyclic amines) is 1. The summed E-state index contributed by atoms with van der Waals surface area (Å²) in [6.45, 7) is 3.29. The lowest BCUT2D eigenvalue weighted by atomic mass is 10.1. The second kappa shape index (κ2) is 9.53. The van der Waals surface area contributed by atoms with Gasteiger partial charge in [0.2, 0.25) is 5.91 Å². The molecule has 1 saturated heterocycles. The lowest BCUT2D eigenvalue weighted by molar-refractivity contribution is -0.127. The Bertz CT molecular complexity index is 792. The average Bonchev–Trinajstić information content (AvgIpc) is 3.07. The average molecular weight is 386 g/mol. The molecule has 0 radical (unpaired) electrons. The van der Waals surface area contributed by atoms with Gasteiger partial charge in [-0.25, -0.2) is 0 Å². The number of carbonyl (C=O) groups excluding carboxylic acids is 2. The molecule has 27 heavy (non-hydrogen) atoms. The van der Waals surface area contributed by atoms with E-state index in [9.17, 15) is 9.59 Å². The van der Waals surface area contributed by atoms with Crippen molar-refractivity contribution in [3.05, 3.63) is 64.7 Å². The quantitative estimate of drug-likeness (QED) is 0.681. The zero-order chi connectivity index (χ0) is 19.1. The van der Waals surface area contributed by atoms with Gasteiger partial charge in [-0.2, -0.15) is 0 Å². The molecular formula is C21H24ClN3O2. The van der Waals surface area contributed by atoms with E-state index < -0.39 is 0 Å². The molecule has 1 heterocycles. The van der Waals surface area contributed by atoms with E-state index in [2.05, 4.69) is 10.6 Å². The van der Waals surface area contributed by atoms with E-state index in [1.807, 2.05) is 29.2 Å². The van der Waals surface area contributed by atoms with Crippen molar-refractivity contribution < 1.29 is 9.59 Å². The normalized spacial score (nSPS) is 13.8. The lowest BCUT2D eigenvalue weighted by Crippen LogP contribution is -2.28. The highest BCUT2D eigenvalue weighted by Gasteiger charge is 2.18. The number of nitrogens with one attached hydrogen (secondary N) is 2. The van der Waals surface area contributed by atoms with E-state index in [4.69, 9.17) is 11.6 Å². The van der Waals surface area contributed by atoms with Crippen LogP contribution in [0.1, 0.15) is 35.2 Å². The fourth-order valence-electron chi connectivity index (χ4n) is 3.13. The zero-order valence-electron chi connectivity index (χ0n) is 15.2. The Kier molecular flexibility index (Phi) is 6.85.